The van der Waals surface area contributed by atoms with Gasteiger partial charge in [0.05, 0.1) is 0 Å². The maximum Gasteiger partial charge on any atom is 0.0467 e. The van der Waals surface area contributed by atoms with Gasteiger partial charge in [-0.1, -0.05) is 226 Å². The molecule has 0 heterocycles. The average molecular weight is 828 g/mol. The molecule has 0 spiro atoms. The van der Waals surface area contributed by atoms with Crippen molar-refractivity contribution in [3.05, 3.63) is 260 Å². The second-order valence-corrected chi connectivity index (χ2v) is 16.5. The van der Waals surface area contributed by atoms with Gasteiger partial charge in [-0.3, -0.25) is 0 Å². The lowest BCUT2D eigenvalue weighted by Crippen LogP contribution is -2.10. The summed E-state index contributed by atoms with van der Waals surface area (Å²) in [4.78, 5) is 2.30. The quantitative estimate of drug-likeness (QED) is 0.0981. The number of benzene rings is 11. The van der Waals surface area contributed by atoms with Gasteiger partial charge < -0.3 is 4.90 Å². The molecule has 0 aliphatic rings. The first-order chi connectivity index (χ1) is 32.2. The highest BCUT2D eigenvalue weighted by atomic mass is 15.1. The maximum absolute atomic E-state index is 4.08. The zero-order valence-electron chi connectivity index (χ0n) is 36.0. The number of fused-ring (bicyclic) bond motifs is 4. The Morgan fingerprint density at radius 1 is 0.308 bits per heavy atom. The van der Waals surface area contributed by atoms with Crippen molar-refractivity contribution >= 4 is 84.5 Å². The van der Waals surface area contributed by atoms with E-state index in [0.29, 0.717) is 0 Å². The number of rotatable bonds is 10. The lowest BCUT2D eigenvalue weighted by molar-refractivity contribution is 1.28. The predicted molar refractivity (Wildman–Crippen MR) is 283 cm³/mol. The molecule has 1 nitrogen and oxygen atoms in total. The average Bonchev–Trinajstić information content (AvgIpc) is 3.38. The van der Waals surface area contributed by atoms with E-state index in [0.717, 1.165) is 33.8 Å². The van der Waals surface area contributed by atoms with E-state index in [1.54, 1.807) is 0 Å². The molecule has 0 atom stereocenters. The van der Waals surface area contributed by atoms with Crippen LogP contribution in [-0.4, -0.2) is 0 Å². The molecule has 0 unspecified atom stereocenters. The summed E-state index contributed by atoms with van der Waals surface area (Å²) in [6, 6.07) is 81.3. The molecule has 0 aliphatic heterocycles. The summed E-state index contributed by atoms with van der Waals surface area (Å²) in [6.07, 6.45) is 8.27. The maximum atomic E-state index is 4.08. The van der Waals surface area contributed by atoms with Crippen molar-refractivity contribution in [3.8, 4) is 33.4 Å². The van der Waals surface area contributed by atoms with Gasteiger partial charge in [0.1, 0.15) is 0 Å². The minimum atomic E-state index is 1.05. The zero-order chi connectivity index (χ0) is 43.7. The Morgan fingerprint density at radius 2 is 0.785 bits per heavy atom. The first-order valence-corrected chi connectivity index (χ1v) is 22.2. The van der Waals surface area contributed by atoms with Crippen molar-refractivity contribution < 1.29 is 0 Å². The molecule has 0 fully saturated rings. The fourth-order valence-electron chi connectivity index (χ4n) is 9.73. The Morgan fingerprint density at radius 3 is 1.42 bits per heavy atom. The van der Waals surface area contributed by atoms with Gasteiger partial charge in [0.2, 0.25) is 0 Å². The second kappa shape index (κ2) is 17.0. The topological polar surface area (TPSA) is 3.24 Å². The number of hydrogen-bond acceptors (Lipinski definition) is 1. The Kier molecular flexibility index (Phi) is 10.3. The lowest BCUT2D eigenvalue weighted by Gasteiger charge is -2.26. The number of anilines is 3. The van der Waals surface area contributed by atoms with Crippen LogP contribution in [0.25, 0.3) is 101 Å². The minimum Gasteiger partial charge on any atom is -0.310 e. The summed E-state index contributed by atoms with van der Waals surface area (Å²) < 4.78 is 0. The molecule has 0 radical (unpaired) electrons. The van der Waals surface area contributed by atoms with Gasteiger partial charge in [-0.25, -0.2) is 0 Å². The van der Waals surface area contributed by atoms with E-state index >= 15 is 0 Å². The van der Waals surface area contributed by atoms with Crippen LogP contribution in [0.3, 0.4) is 0 Å². The van der Waals surface area contributed by atoms with E-state index in [4.69, 9.17) is 0 Å². The van der Waals surface area contributed by atoms with Crippen molar-refractivity contribution in [2.45, 2.75) is 0 Å². The Hall–Kier alpha value is -8.52. The van der Waals surface area contributed by atoms with Crippen molar-refractivity contribution in [2.24, 2.45) is 0 Å². The molecular weight excluding hydrogens is 783 g/mol. The third-order valence-corrected chi connectivity index (χ3v) is 12.8. The SMILES string of the molecule is C=Cc1ccc(N(c2ccccc2)c2ccc(-c3c4ccccc4c(-c4ccc(C=Cc5ccc(-c6cccc7ccccc67)c6ccccc56)cc4)c4ccccc34)cc2)cc1C=C. The van der Waals surface area contributed by atoms with Gasteiger partial charge in [-0.15, -0.1) is 0 Å². The van der Waals surface area contributed by atoms with Crippen LogP contribution >= 0.6 is 0 Å². The number of para-hydroxylation sites is 1. The summed E-state index contributed by atoms with van der Waals surface area (Å²) in [6.45, 7) is 8.10. The van der Waals surface area contributed by atoms with Crippen molar-refractivity contribution in [3.63, 3.8) is 0 Å². The van der Waals surface area contributed by atoms with Crippen LogP contribution < -0.4 is 4.90 Å². The van der Waals surface area contributed by atoms with Gasteiger partial charge in [0.25, 0.3) is 0 Å². The van der Waals surface area contributed by atoms with Crippen molar-refractivity contribution in [2.75, 3.05) is 4.90 Å². The minimum absolute atomic E-state index is 1.05. The fourth-order valence-corrected chi connectivity index (χ4v) is 9.73. The smallest absolute Gasteiger partial charge is 0.0467 e. The molecule has 0 aliphatic carbocycles. The summed E-state index contributed by atoms with van der Waals surface area (Å²) in [5.41, 5.74) is 15.1. The van der Waals surface area contributed by atoms with E-state index in [2.05, 4.69) is 255 Å². The molecule has 0 saturated carbocycles. The van der Waals surface area contributed by atoms with Crippen LogP contribution in [0.2, 0.25) is 0 Å². The monoisotopic (exact) mass is 827 g/mol. The zero-order valence-corrected chi connectivity index (χ0v) is 36.0. The van der Waals surface area contributed by atoms with Crippen LogP contribution in [0, 0.1) is 0 Å². The Labute approximate surface area is 380 Å². The molecule has 1 heteroatoms. The van der Waals surface area contributed by atoms with Crippen LogP contribution in [0.5, 0.6) is 0 Å². The number of hydrogen-bond donors (Lipinski definition) is 0. The summed E-state index contributed by atoms with van der Waals surface area (Å²) in [5.74, 6) is 0. The molecule has 0 N–H and O–H groups in total. The molecular formula is C64H45N. The third-order valence-electron chi connectivity index (χ3n) is 12.8. The van der Waals surface area contributed by atoms with E-state index < -0.39 is 0 Å². The highest BCUT2D eigenvalue weighted by Crippen LogP contribution is 2.45. The largest absolute Gasteiger partial charge is 0.310 e. The Balaban J connectivity index is 0.949. The first-order valence-electron chi connectivity index (χ1n) is 22.2. The van der Waals surface area contributed by atoms with Gasteiger partial charge in [0, 0.05) is 17.1 Å². The van der Waals surface area contributed by atoms with Gasteiger partial charge in [-0.2, -0.15) is 0 Å². The molecule has 0 aromatic heterocycles. The molecule has 306 valence electrons. The van der Waals surface area contributed by atoms with Gasteiger partial charge in [-0.05, 0) is 135 Å². The van der Waals surface area contributed by atoms with Gasteiger partial charge >= 0.3 is 0 Å². The summed E-state index contributed by atoms with van der Waals surface area (Å²) in [7, 11) is 0. The first kappa shape index (κ1) is 39.3. The molecule has 65 heavy (non-hydrogen) atoms. The molecule has 0 saturated heterocycles. The van der Waals surface area contributed by atoms with E-state index in [-0.39, 0.29) is 0 Å². The summed E-state index contributed by atoms with van der Waals surface area (Å²) in [5, 5.41) is 9.95. The van der Waals surface area contributed by atoms with Crippen LogP contribution in [0.4, 0.5) is 17.1 Å². The predicted octanol–water partition coefficient (Wildman–Crippen LogP) is 18.2. The van der Waals surface area contributed by atoms with Crippen molar-refractivity contribution in [1.82, 2.24) is 0 Å². The van der Waals surface area contributed by atoms with Crippen LogP contribution in [-0.2, 0) is 0 Å². The van der Waals surface area contributed by atoms with Crippen molar-refractivity contribution in [1.29, 1.82) is 0 Å². The Bertz CT molecular complexity index is 3550. The molecule has 0 amide bonds. The molecule has 0 bridgehead atoms. The van der Waals surface area contributed by atoms with E-state index in [1.807, 2.05) is 12.2 Å². The van der Waals surface area contributed by atoms with E-state index in [9.17, 15) is 0 Å². The number of nitrogens with zero attached hydrogens (tertiary/aromatic N) is 1. The van der Waals surface area contributed by atoms with Gasteiger partial charge in [0.15, 0.2) is 0 Å². The third kappa shape index (κ3) is 7.20. The van der Waals surface area contributed by atoms with E-state index in [1.165, 1.54) is 82.0 Å². The standard InChI is InChI=1S/C64H45N/c1-3-45-35-41-53(43-46(45)4-2)65(51-19-6-5-7-20-51)52-39-36-50(37-40-52)64-61-26-14-12-24-59(61)63(60-25-13-15-27-62(60)64)49-33-30-44(31-34-49)29-32-48-38-42-58(56-23-11-10-22-55(48)56)57-28-16-18-47-17-8-9-21-54(47)57/h3-43H,1-2H2. The van der Waals surface area contributed by atoms with Crippen LogP contribution in [0.15, 0.2) is 238 Å². The molecule has 11 aromatic rings. The lowest BCUT2D eigenvalue weighted by atomic mass is 9.86. The van der Waals surface area contributed by atoms with Crippen LogP contribution in [0.1, 0.15) is 22.3 Å². The highest BCUT2D eigenvalue weighted by molar-refractivity contribution is 6.21. The highest BCUT2D eigenvalue weighted by Gasteiger charge is 2.19. The fraction of sp³-hybridized carbons (Fsp3) is 0. The molecule has 11 aromatic carbocycles. The summed E-state index contributed by atoms with van der Waals surface area (Å²) >= 11 is 0. The normalized spacial score (nSPS) is 11.4. The second-order valence-electron chi connectivity index (χ2n) is 16.5. The molecule has 11 rings (SSSR count).